The third kappa shape index (κ3) is 8.88. The highest BCUT2D eigenvalue weighted by Gasteiger charge is 2.35. The Morgan fingerprint density at radius 2 is 1.66 bits per heavy atom. The standard InChI is InChI=1S/C24H45N5O2.HI/c1-6-25-22(26-17-19-9-13-27(5)14-10-19)28-15-11-21(12-16-28)29(18-20-7-8-20)23(30)31-24(2,3)4;/h19-21H,6-18H2,1-5H3,(H,25,26);1H. The average molecular weight is 564 g/mol. The van der Waals surface area contributed by atoms with Gasteiger partial charge in [0.1, 0.15) is 5.60 Å². The van der Waals surface area contributed by atoms with Gasteiger partial charge < -0.3 is 24.8 Å². The third-order valence-electron chi connectivity index (χ3n) is 6.66. The number of nitrogens with one attached hydrogen (secondary N) is 1. The number of nitrogens with zero attached hydrogens (tertiary/aromatic N) is 4. The van der Waals surface area contributed by atoms with E-state index >= 15 is 0 Å². The summed E-state index contributed by atoms with van der Waals surface area (Å²) in [5.74, 6) is 2.41. The molecule has 1 aliphatic carbocycles. The fourth-order valence-electron chi connectivity index (χ4n) is 4.55. The van der Waals surface area contributed by atoms with Crippen LogP contribution in [0.2, 0.25) is 0 Å². The largest absolute Gasteiger partial charge is 0.444 e. The predicted octanol–water partition coefficient (Wildman–Crippen LogP) is 4.02. The molecule has 0 atom stereocenters. The molecule has 1 amide bonds. The highest BCUT2D eigenvalue weighted by atomic mass is 127. The van der Waals surface area contributed by atoms with Crippen LogP contribution in [0.1, 0.15) is 66.2 Å². The maximum Gasteiger partial charge on any atom is 0.410 e. The van der Waals surface area contributed by atoms with E-state index in [1.54, 1.807) is 0 Å². The van der Waals surface area contributed by atoms with Crippen LogP contribution in [0.5, 0.6) is 0 Å². The van der Waals surface area contributed by atoms with E-state index in [4.69, 9.17) is 9.73 Å². The van der Waals surface area contributed by atoms with E-state index in [2.05, 4.69) is 29.1 Å². The number of likely N-dealkylation sites (tertiary alicyclic amines) is 2. The van der Waals surface area contributed by atoms with Crippen molar-refractivity contribution in [1.29, 1.82) is 0 Å². The SMILES string of the molecule is CCNC(=NCC1CCN(C)CC1)N1CCC(N(CC2CC2)C(=O)OC(C)(C)C)CC1.I. The van der Waals surface area contributed by atoms with Crippen LogP contribution in [-0.2, 0) is 4.74 Å². The van der Waals surface area contributed by atoms with Crippen molar-refractivity contribution in [2.24, 2.45) is 16.8 Å². The number of hydrogen-bond acceptors (Lipinski definition) is 4. The van der Waals surface area contributed by atoms with Gasteiger partial charge in [-0.3, -0.25) is 4.99 Å². The van der Waals surface area contributed by atoms with E-state index in [0.717, 1.165) is 51.5 Å². The maximum atomic E-state index is 12.9. The second-order valence-electron chi connectivity index (χ2n) is 10.7. The summed E-state index contributed by atoms with van der Waals surface area (Å²) in [5, 5.41) is 3.50. The minimum Gasteiger partial charge on any atom is -0.444 e. The molecular formula is C24H46IN5O2. The number of guanidine groups is 1. The Bertz CT molecular complexity index is 604. The van der Waals surface area contributed by atoms with Crippen LogP contribution in [0.15, 0.2) is 4.99 Å². The quantitative estimate of drug-likeness (QED) is 0.301. The lowest BCUT2D eigenvalue weighted by Crippen LogP contribution is -2.52. The smallest absolute Gasteiger partial charge is 0.410 e. The van der Waals surface area contributed by atoms with E-state index in [-0.39, 0.29) is 36.1 Å². The van der Waals surface area contributed by atoms with Gasteiger partial charge in [0.15, 0.2) is 5.96 Å². The zero-order valence-electron chi connectivity index (χ0n) is 20.9. The molecule has 186 valence electrons. The summed E-state index contributed by atoms with van der Waals surface area (Å²) in [5.41, 5.74) is -0.446. The van der Waals surface area contributed by atoms with Gasteiger partial charge in [-0.1, -0.05) is 0 Å². The monoisotopic (exact) mass is 563 g/mol. The van der Waals surface area contributed by atoms with Gasteiger partial charge in [-0.05, 0) is 98.2 Å². The van der Waals surface area contributed by atoms with E-state index < -0.39 is 5.60 Å². The molecule has 2 heterocycles. The Hall–Kier alpha value is -0.770. The van der Waals surface area contributed by atoms with Crippen LogP contribution in [0.25, 0.3) is 0 Å². The van der Waals surface area contributed by atoms with Crippen molar-refractivity contribution >= 4 is 36.0 Å². The molecule has 2 saturated heterocycles. The zero-order chi connectivity index (χ0) is 22.4. The molecule has 8 heteroatoms. The van der Waals surface area contributed by atoms with E-state index in [9.17, 15) is 4.79 Å². The van der Waals surface area contributed by atoms with Crippen LogP contribution in [0.4, 0.5) is 4.79 Å². The first-order valence-electron chi connectivity index (χ1n) is 12.5. The number of ether oxygens (including phenoxy) is 1. The Kier molecular flexibility index (Phi) is 10.8. The van der Waals surface area contributed by atoms with Crippen molar-refractivity contribution in [3.8, 4) is 0 Å². The molecule has 1 saturated carbocycles. The molecule has 2 aliphatic heterocycles. The number of carbonyl (C=O) groups is 1. The van der Waals surface area contributed by atoms with Gasteiger partial charge in [-0.2, -0.15) is 0 Å². The molecule has 7 nitrogen and oxygen atoms in total. The van der Waals surface area contributed by atoms with Gasteiger partial charge in [0.05, 0.1) is 0 Å². The topological polar surface area (TPSA) is 60.4 Å². The molecular weight excluding hydrogens is 517 g/mol. The Labute approximate surface area is 212 Å². The van der Waals surface area contributed by atoms with Gasteiger partial charge in [0, 0.05) is 38.8 Å². The van der Waals surface area contributed by atoms with Crippen molar-refractivity contribution in [1.82, 2.24) is 20.0 Å². The number of hydrogen-bond donors (Lipinski definition) is 1. The summed E-state index contributed by atoms with van der Waals surface area (Å²) in [6.07, 6.45) is 6.79. The molecule has 0 radical (unpaired) electrons. The Balaban J connectivity index is 0.00000363. The molecule has 0 aromatic carbocycles. The van der Waals surface area contributed by atoms with Crippen LogP contribution in [0.3, 0.4) is 0 Å². The number of rotatable bonds is 6. The van der Waals surface area contributed by atoms with E-state index in [1.807, 2.05) is 25.7 Å². The van der Waals surface area contributed by atoms with Crippen LogP contribution in [0, 0.1) is 11.8 Å². The van der Waals surface area contributed by atoms with Gasteiger partial charge >= 0.3 is 6.09 Å². The molecule has 0 unspecified atom stereocenters. The van der Waals surface area contributed by atoms with Crippen molar-refractivity contribution in [3.63, 3.8) is 0 Å². The van der Waals surface area contributed by atoms with Crippen LogP contribution in [-0.4, -0.2) is 91.3 Å². The van der Waals surface area contributed by atoms with Crippen LogP contribution < -0.4 is 5.32 Å². The minimum absolute atomic E-state index is 0. The summed E-state index contributed by atoms with van der Waals surface area (Å²) >= 11 is 0. The molecule has 3 aliphatic rings. The molecule has 3 fully saturated rings. The number of halogens is 1. The molecule has 3 rings (SSSR count). The van der Waals surface area contributed by atoms with E-state index in [1.165, 1.54) is 38.8 Å². The molecule has 0 aromatic heterocycles. The lowest BCUT2D eigenvalue weighted by atomic mass is 9.97. The maximum absolute atomic E-state index is 12.9. The first kappa shape index (κ1) is 27.5. The summed E-state index contributed by atoms with van der Waals surface area (Å²) in [6, 6.07) is 0.267. The average Bonchev–Trinajstić information content (AvgIpc) is 3.54. The van der Waals surface area contributed by atoms with Gasteiger partial charge in [0.2, 0.25) is 0 Å². The summed E-state index contributed by atoms with van der Waals surface area (Å²) in [4.78, 5) is 24.7. The van der Waals surface area contributed by atoms with Crippen molar-refractivity contribution < 1.29 is 9.53 Å². The summed E-state index contributed by atoms with van der Waals surface area (Å²) < 4.78 is 5.74. The number of piperidine rings is 2. The zero-order valence-corrected chi connectivity index (χ0v) is 23.3. The first-order valence-corrected chi connectivity index (χ1v) is 12.5. The minimum atomic E-state index is -0.446. The lowest BCUT2D eigenvalue weighted by molar-refractivity contribution is 0.00928. The van der Waals surface area contributed by atoms with Gasteiger partial charge in [-0.25, -0.2) is 4.79 Å². The van der Waals surface area contributed by atoms with Crippen molar-refractivity contribution in [2.75, 3.05) is 52.9 Å². The van der Waals surface area contributed by atoms with E-state index in [0.29, 0.717) is 11.8 Å². The Morgan fingerprint density at radius 1 is 1.03 bits per heavy atom. The highest BCUT2D eigenvalue weighted by molar-refractivity contribution is 14.0. The number of aliphatic imine (C=N–C) groups is 1. The van der Waals surface area contributed by atoms with Crippen LogP contribution >= 0.6 is 24.0 Å². The first-order chi connectivity index (χ1) is 14.7. The van der Waals surface area contributed by atoms with Crippen molar-refractivity contribution in [3.05, 3.63) is 0 Å². The summed E-state index contributed by atoms with van der Waals surface area (Å²) in [6.45, 7) is 14.9. The molecule has 1 N–H and O–H groups in total. The highest BCUT2D eigenvalue weighted by Crippen LogP contribution is 2.32. The number of carbonyl (C=O) groups excluding carboxylic acids is 1. The fraction of sp³-hybridized carbons (Fsp3) is 0.917. The van der Waals surface area contributed by atoms with Gasteiger partial charge in [-0.15, -0.1) is 24.0 Å². The Morgan fingerprint density at radius 3 is 2.19 bits per heavy atom. The summed E-state index contributed by atoms with van der Waals surface area (Å²) in [7, 11) is 2.21. The molecule has 0 bridgehead atoms. The molecule has 32 heavy (non-hydrogen) atoms. The third-order valence-corrected chi connectivity index (χ3v) is 6.66. The molecule has 0 aromatic rings. The van der Waals surface area contributed by atoms with Crippen molar-refractivity contribution in [2.45, 2.75) is 77.9 Å². The predicted molar refractivity (Wildman–Crippen MR) is 142 cm³/mol. The normalized spacial score (nSPS) is 21.8. The lowest BCUT2D eigenvalue weighted by Gasteiger charge is -2.40. The number of amides is 1. The second kappa shape index (κ2) is 12.6. The van der Waals surface area contributed by atoms with Gasteiger partial charge in [0.25, 0.3) is 0 Å². The fourth-order valence-corrected chi connectivity index (χ4v) is 4.55. The molecule has 0 spiro atoms. The second-order valence-corrected chi connectivity index (χ2v) is 10.7.